The quantitative estimate of drug-likeness (QED) is 0.818. The minimum atomic E-state index is -0.876. The SMILES string of the molecule is CC.OCC1(O)CCN(c2cccnc2)CC1. The van der Waals surface area contributed by atoms with Crippen molar-refractivity contribution in [2.45, 2.75) is 32.3 Å². The summed E-state index contributed by atoms with van der Waals surface area (Å²) in [4.78, 5) is 6.24. The minimum Gasteiger partial charge on any atom is -0.393 e. The molecule has 1 saturated heterocycles. The molecule has 0 spiro atoms. The van der Waals surface area contributed by atoms with Gasteiger partial charge in [0.25, 0.3) is 0 Å². The van der Waals surface area contributed by atoms with Gasteiger partial charge in [-0.2, -0.15) is 0 Å². The van der Waals surface area contributed by atoms with E-state index in [2.05, 4.69) is 9.88 Å². The highest BCUT2D eigenvalue weighted by molar-refractivity contribution is 5.44. The van der Waals surface area contributed by atoms with Gasteiger partial charge in [0.2, 0.25) is 0 Å². The summed E-state index contributed by atoms with van der Waals surface area (Å²) in [5.74, 6) is 0. The van der Waals surface area contributed by atoms with Crippen LogP contribution in [0.2, 0.25) is 0 Å². The lowest BCUT2D eigenvalue weighted by molar-refractivity contribution is -0.0325. The van der Waals surface area contributed by atoms with E-state index in [0.29, 0.717) is 12.8 Å². The lowest BCUT2D eigenvalue weighted by Crippen LogP contribution is -2.46. The van der Waals surface area contributed by atoms with Crippen LogP contribution in [0.5, 0.6) is 0 Å². The molecule has 0 aliphatic carbocycles. The van der Waals surface area contributed by atoms with E-state index >= 15 is 0 Å². The third-order valence-corrected chi connectivity index (χ3v) is 3.00. The Morgan fingerprint density at radius 2 is 2.00 bits per heavy atom. The Hall–Kier alpha value is -1.13. The standard InChI is InChI=1S/C11H16N2O2.C2H6/c14-9-11(15)3-6-13(7-4-11)10-2-1-5-12-8-10;1-2/h1-2,5,8,14-15H,3-4,6-7,9H2;1-2H3. The fraction of sp³-hybridized carbons (Fsp3) is 0.615. The maximum atomic E-state index is 9.85. The first-order valence-electron chi connectivity index (χ1n) is 6.22. The number of pyridine rings is 1. The summed E-state index contributed by atoms with van der Waals surface area (Å²) in [7, 11) is 0. The summed E-state index contributed by atoms with van der Waals surface area (Å²) < 4.78 is 0. The zero-order chi connectivity index (χ0) is 12.7. The van der Waals surface area contributed by atoms with Gasteiger partial charge in [0.05, 0.1) is 24.1 Å². The number of aromatic nitrogens is 1. The van der Waals surface area contributed by atoms with Gasteiger partial charge in [-0.1, -0.05) is 13.8 Å². The molecule has 4 heteroatoms. The van der Waals surface area contributed by atoms with E-state index in [9.17, 15) is 5.11 Å². The lowest BCUT2D eigenvalue weighted by Gasteiger charge is -2.38. The summed E-state index contributed by atoms with van der Waals surface area (Å²) in [6.07, 6.45) is 4.79. The molecular formula is C13H22N2O2. The van der Waals surface area contributed by atoms with Crippen LogP contribution >= 0.6 is 0 Å². The Kier molecular flexibility index (Phi) is 5.38. The van der Waals surface area contributed by atoms with Gasteiger partial charge in [0.1, 0.15) is 0 Å². The van der Waals surface area contributed by atoms with Crippen LogP contribution in [0, 0.1) is 0 Å². The number of aliphatic hydroxyl groups excluding tert-OH is 1. The Balaban J connectivity index is 0.000000686. The Morgan fingerprint density at radius 3 is 2.47 bits per heavy atom. The molecule has 1 aromatic heterocycles. The zero-order valence-electron chi connectivity index (χ0n) is 10.6. The average molecular weight is 238 g/mol. The smallest absolute Gasteiger partial charge is 0.0911 e. The molecule has 1 aliphatic rings. The van der Waals surface area contributed by atoms with Crippen molar-refractivity contribution in [1.29, 1.82) is 0 Å². The number of rotatable bonds is 2. The topological polar surface area (TPSA) is 56.6 Å². The molecule has 2 N–H and O–H groups in total. The molecule has 1 aromatic rings. The van der Waals surface area contributed by atoms with Crippen LogP contribution in [-0.4, -0.2) is 40.5 Å². The molecule has 0 radical (unpaired) electrons. The predicted molar refractivity (Wildman–Crippen MR) is 69.1 cm³/mol. The van der Waals surface area contributed by atoms with E-state index in [0.717, 1.165) is 18.8 Å². The predicted octanol–water partition coefficient (Wildman–Crippen LogP) is 1.43. The van der Waals surface area contributed by atoms with Crippen molar-refractivity contribution in [2.75, 3.05) is 24.6 Å². The van der Waals surface area contributed by atoms with E-state index in [-0.39, 0.29) is 6.61 Å². The average Bonchev–Trinajstić information content (AvgIpc) is 2.43. The molecule has 2 rings (SSSR count). The van der Waals surface area contributed by atoms with E-state index in [1.165, 1.54) is 0 Å². The minimum absolute atomic E-state index is 0.145. The molecule has 0 atom stereocenters. The highest BCUT2D eigenvalue weighted by Crippen LogP contribution is 2.25. The Morgan fingerprint density at radius 1 is 1.35 bits per heavy atom. The van der Waals surface area contributed by atoms with Crippen molar-refractivity contribution >= 4 is 5.69 Å². The maximum Gasteiger partial charge on any atom is 0.0911 e. The number of hydrogen-bond acceptors (Lipinski definition) is 4. The lowest BCUT2D eigenvalue weighted by atomic mass is 9.92. The van der Waals surface area contributed by atoms with Crippen molar-refractivity contribution in [3.05, 3.63) is 24.5 Å². The Bertz CT molecular complexity index is 308. The third-order valence-electron chi connectivity index (χ3n) is 3.00. The van der Waals surface area contributed by atoms with Crippen LogP contribution in [0.3, 0.4) is 0 Å². The molecule has 0 bridgehead atoms. The second kappa shape index (κ2) is 6.57. The van der Waals surface area contributed by atoms with Crippen molar-refractivity contribution in [1.82, 2.24) is 4.98 Å². The van der Waals surface area contributed by atoms with E-state index in [1.807, 2.05) is 32.2 Å². The Labute approximate surface area is 103 Å². The number of nitrogens with zero attached hydrogens (tertiary/aromatic N) is 2. The van der Waals surface area contributed by atoms with Gasteiger partial charge in [0.15, 0.2) is 0 Å². The summed E-state index contributed by atoms with van der Waals surface area (Å²) in [5.41, 5.74) is 0.205. The van der Waals surface area contributed by atoms with Crippen LogP contribution < -0.4 is 4.90 Å². The second-order valence-corrected chi connectivity index (χ2v) is 4.08. The van der Waals surface area contributed by atoms with Crippen LogP contribution in [-0.2, 0) is 0 Å². The third kappa shape index (κ3) is 3.68. The fourth-order valence-electron chi connectivity index (χ4n) is 1.88. The molecule has 0 aromatic carbocycles. The normalized spacial score (nSPS) is 18.2. The molecule has 96 valence electrons. The first-order valence-corrected chi connectivity index (χ1v) is 6.22. The number of hydrogen-bond donors (Lipinski definition) is 2. The van der Waals surface area contributed by atoms with Crippen molar-refractivity contribution < 1.29 is 10.2 Å². The molecule has 0 unspecified atom stereocenters. The van der Waals surface area contributed by atoms with Crippen molar-refractivity contribution in [3.8, 4) is 0 Å². The van der Waals surface area contributed by atoms with Gasteiger partial charge in [-0.3, -0.25) is 4.98 Å². The van der Waals surface area contributed by atoms with Gasteiger partial charge < -0.3 is 15.1 Å². The molecular weight excluding hydrogens is 216 g/mol. The van der Waals surface area contributed by atoms with Gasteiger partial charge in [-0.25, -0.2) is 0 Å². The summed E-state index contributed by atoms with van der Waals surface area (Å²) in [6, 6.07) is 3.92. The number of piperidine rings is 1. The van der Waals surface area contributed by atoms with Crippen LogP contribution in [0.15, 0.2) is 24.5 Å². The summed E-state index contributed by atoms with van der Waals surface area (Å²) in [6.45, 7) is 5.39. The zero-order valence-corrected chi connectivity index (χ0v) is 10.6. The van der Waals surface area contributed by atoms with E-state index in [4.69, 9.17) is 5.11 Å². The van der Waals surface area contributed by atoms with Gasteiger partial charge in [-0.05, 0) is 25.0 Å². The van der Waals surface area contributed by atoms with E-state index in [1.54, 1.807) is 6.20 Å². The molecule has 1 fully saturated rings. The van der Waals surface area contributed by atoms with Gasteiger partial charge in [0, 0.05) is 19.3 Å². The highest BCUT2D eigenvalue weighted by atomic mass is 16.3. The van der Waals surface area contributed by atoms with Crippen LogP contribution in [0.4, 0.5) is 5.69 Å². The monoisotopic (exact) mass is 238 g/mol. The molecule has 0 saturated carbocycles. The second-order valence-electron chi connectivity index (χ2n) is 4.08. The highest BCUT2D eigenvalue weighted by Gasteiger charge is 2.31. The molecule has 4 nitrogen and oxygen atoms in total. The molecule has 17 heavy (non-hydrogen) atoms. The first kappa shape index (κ1) is 13.9. The van der Waals surface area contributed by atoms with Crippen molar-refractivity contribution in [2.24, 2.45) is 0 Å². The van der Waals surface area contributed by atoms with E-state index < -0.39 is 5.60 Å². The summed E-state index contributed by atoms with van der Waals surface area (Å²) in [5, 5.41) is 18.9. The van der Waals surface area contributed by atoms with Crippen molar-refractivity contribution in [3.63, 3.8) is 0 Å². The number of anilines is 1. The van der Waals surface area contributed by atoms with Crippen LogP contribution in [0.1, 0.15) is 26.7 Å². The maximum absolute atomic E-state index is 9.85. The first-order chi connectivity index (χ1) is 8.23. The molecule has 0 amide bonds. The molecule has 1 aliphatic heterocycles. The largest absolute Gasteiger partial charge is 0.393 e. The summed E-state index contributed by atoms with van der Waals surface area (Å²) >= 11 is 0. The van der Waals surface area contributed by atoms with Gasteiger partial charge >= 0.3 is 0 Å². The fourth-order valence-corrected chi connectivity index (χ4v) is 1.88. The van der Waals surface area contributed by atoms with Crippen LogP contribution in [0.25, 0.3) is 0 Å². The van der Waals surface area contributed by atoms with Gasteiger partial charge in [-0.15, -0.1) is 0 Å². The number of aliphatic hydroxyl groups is 2. The molecule has 2 heterocycles.